The van der Waals surface area contributed by atoms with Crippen LogP contribution in [0.3, 0.4) is 0 Å². The van der Waals surface area contributed by atoms with Gasteiger partial charge >= 0.3 is 12.3 Å². The zero-order valence-electron chi connectivity index (χ0n) is 13.9. The summed E-state index contributed by atoms with van der Waals surface area (Å²) in [6, 6.07) is 3.16. The van der Waals surface area contributed by atoms with Crippen LogP contribution in [0.2, 0.25) is 5.15 Å². The predicted octanol–water partition coefficient (Wildman–Crippen LogP) is 4.54. The summed E-state index contributed by atoms with van der Waals surface area (Å²) < 4.78 is 44.5. The molecular weight excluding hydrogens is 371 g/mol. The van der Waals surface area contributed by atoms with E-state index in [4.69, 9.17) is 16.3 Å². The Morgan fingerprint density at radius 1 is 1.23 bits per heavy atom. The van der Waals surface area contributed by atoms with E-state index in [1.807, 2.05) is 0 Å². The molecule has 3 rings (SSSR count). The van der Waals surface area contributed by atoms with Crippen LogP contribution < -0.4 is 0 Å². The maximum atomic E-state index is 13.1. The Labute approximate surface area is 152 Å². The van der Waals surface area contributed by atoms with Gasteiger partial charge < -0.3 is 4.74 Å². The quantitative estimate of drug-likeness (QED) is 0.778. The minimum Gasteiger partial charge on any atom is -0.439 e. The van der Waals surface area contributed by atoms with Crippen molar-refractivity contribution in [3.05, 3.63) is 58.1 Å². The van der Waals surface area contributed by atoms with E-state index in [2.05, 4.69) is 9.97 Å². The van der Waals surface area contributed by atoms with Gasteiger partial charge in [0.05, 0.1) is 23.8 Å². The Bertz CT molecular complexity index is 844. The number of aryl methyl sites for hydroxylation is 1. The van der Waals surface area contributed by atoms with Crippen molar-refractivity contribution in [3.8, 4) is 0 Å². The van der Waals surface area contributed by atoms with Crippen molar-refractivity contribution in [3.63, 3.8) is 0 Å². The lowest BCUT2D eigenvalue weighted by Gasteiger charge is -2.21. The van der Waals surface area contributed by atoms with E-state index >= 15 is 0 Å². The second-order valence-electron chi connectivity index (χ2n) is 6.10. The standard InChI is InChI=1S/C17H15ClF3N3O2/c1-9-5-11(7-12(6-9)17(19,20)21)14-10(2)24(16(25)26-14)8-13-15(18)23-4-3-22-13/h3-7,10,14H,8H2,1-2H3/t10-,14-/m0/s1. The Hall–Kier alpha value is -2.35. The number of halogens is 4. The first kappa shape index (κ1) is 18.4. The molecule has 9 heteroatoms. The molecule has 2 heterocycles. The van der Waals surface area contributed by atoms with Crippen LogP contribution in [0.1, 0.15) is 35.4 Å². The number of amides is 1. The number of alkyl halides is 3. The summed E-state index contributed by atoms with van der Waals surface area (Å²) in [5.74, 6) is 0. The van der Waals surface area contributed by atoms with Crippen LogP contribution in [0, 0.1) is 6.92 Å². The van der Waals surface area contributed by atoms with Gasteiger partial charge in [-0.15, -0.1) is 0 Å². The molecule has 2 atom stereocenters. The van der Waals surface area contributed by atoms with Crippen LogP contribution in [0.4, 0.5) is 18.0 Å². The first-order chi connectivity index (χ1) is 12.2. The average Bonchev–Trinajstić information content (AvgIpc) is 2.83. The van der Waals surface area contributed by atoms with Gasteiger partial charge in [0.25, 0.3) is 0 Å². The molecule has 26 heavy (non-hydrogen) atoms. The second-order valence-corrected chi connectivity index (χ2v) is 6.45. The van der Waals surface area contributed by atoms with Gasteiger partial charge in [-0.1, -0.05) is 23.2 Å². The van der Waals surface area contributed by atoms with E-state index in [0.29, 0.717) is 16.8 Å². The van der Waals surface area contributed by atoms with Crippen molar-refractivity contribution in [1.29, 1.82) is 0 Å². The molecule has 1 amide bonds. The summed E-state index contributed by atoms with van der Waals surface area (Å²) in [7, 11) is 0. The predicted molar refractivity (Wildman–Crippen MR) is 87.5 cm³/mol. The van der Waals surface area contributed by atoms with E-state index in [9.17, 15) is 18.0 Å². The zero-order chi connectivity index (χ0) is 19.1. The number of carbonyl (C=O) groups excluding carboxylic acids is 1. The summed E-state index contributed by atoms with van der Waals surface area (Å²) in [5.41, 5.74) is 0.351. The van der Waals surface area contributed by atoms with Crippen LogP contribution in [0.25, 0.3) is 0 Å². The lowest BCUT2D eigenvalue weighted by Crippen LogP contribution is -2.32. The van der Waals surface area contributed by atoms with Gasteiger partial charge in [-0.3, -0.25) is 9.88 Å². The lowest BCUT2D eigenvalue weighted by atomic mass is 9.98. The molecule has 0 radical (unpaired) electrons. The minimum absolute atomic E-state index is 0.0567. The summed E-state index contributed by atoms with van der Waals surface area (Å²) in [5, 5.41) is 0.158. The van der Waals surface area contributed by atoms with E-state index in [1.54, 1.807) is 19.9 Å². The Morgan fingerprint density at radius 3 is 2.58 bits per heavy atom. The summed E-state index contributed by atoms with van der Waals surface area (Å²) >= 11 is 5.97. The highest BCUT2D eigenvalue weighted by atomic mass is 35.5. The van der Waals surface area contributed by atoms with Crippen LogP contribution >= 0.6 is 11.6 Å². The molecule has 0 spiro atoms. The molecule has 0 unspecified atom stereocenters. The monoisotopic (exact) mass is 385 g/mol. The molecule has 5 nitrogen and oxygen atoms in total. The summed E-state index contributed by atoms with van der Waals surface area (Å²) in [6.45, 7) is 3.33. The fourth-order valence-corrected chi connectivity index (χ4v) is 3.08. The molecule has 138 valence electrons. The van der Waals surface area contributed by atoms with Crippen LogP contribution in [0.15, 0.2) is 30.6 Å². The Kier molecular flexibility index (Phi) is 4.79. The van der Waals surface area contributed by atoms with Crippen molar-refractivity contribution in [2.45, 2.75) is 38.7 Å². The SMILES string of the molecule is Cc1cc([C@H]2OC(=O)N(Cc3nccnc3Cl)[C@H]2C)cc(C(F)(F)F)c1. The molecule has 1 saturated heterocycles. The third-order valence-corrected chi connectivity index (χ3v) is 4.51. The largest absolute Gasteiger partial charge is 0.439 e. The van der Waals surface area contributed by atoms with Crippen molar-refractivity contribution in [2.75, 3.05) is 0 Å². The number of nitrogens with zero attached hydrogens (tertiary/aromatic N) is 3. The second kappa shape index (κ2) is 6.75. The molecule has 1 aliphatic heterocycles. The lowest BCUT2D eigenvalue weighted by molar-refractivity contribution is -0.137. The minimum atomic E-state index is -4.47. The van der Waals surface area contributed by atoms with Gasteiger partial charge in [0, 0.05) is 12.4 Å². The molecule has 1 aromatic heterocycles. The molecule has 0 aliphatic carbocycles. The van der Waals surface area contributed by atoms with E-state index < -0.39 is 30.0 Å². The van der Waals surface area contributed by atoms with Crippen LogP contribution in [-0.2, 0) is 17.5 Å². The number of benzene rings is 1. The maximum absolute atomic E-state index is 13.1. The zero-order valence-corrected chi connectivity index (χ0v) is 14.7. The van der Waals surface area contributed by atoms with E-state index in [1.165, 1.54) is 17.3 Å². The third kappa shape index (κ3) is 3.60. The van der Waals surface area contributed by atoms with Crippen LogP contribution in [-0.4, -0.2) is 27.0 Å². The number of hydrogen-bond acceptors (Lipinski definition) is 4. The van der Waals surface area contributed by atoms with Gasteiger partial charge in [-0.05, 0) is 31.5 Å². The van der Waals surface area contributed by atoms with Gasteiger partial charge in [0.15, 0.2) is 5.15 Å². The normalized spacial score (nSPS) is 20.4. The van der Waals surface area contributed by atoms with Crippen molar-refractivity contribution in [1.82, 2.24) is 14.9 Å². The van der Waals surface area contributed by atoms with Gasteiger partial charge in [-0.25, -0.2) is 9.78 Å². The van der Waals surface area contributed by atoms with Crippen LogP contribution in [0.5, 0.6) is 0 Å². The Balaban J connectivity index is 1.88. The smallest absolute Gasteiger partial charge is 0.416 e. The molecule has 0 saturated carbocycles. The number of hydrogen-bond donors (Lipinski definition) is 0. The molecule has 2 aromatic rings. The fraction of sp³-hybridized carbons (Fsp3) is 0.353. The van der Waals surface area contributed by atoms with E-state index in [0.717, 1.165) is 12.1 Å². The first-order valence-corrected chi connectivity index (χ1v) is 8.16. The highest BCUT2D eigenvalue weighted by Crippen LogP contribution is 2.37. The summed E-state index contributed by atoms with van der Waals surface area (Å²) in [6.07, 6.45) is -3.06. The average molecular weight is 386 g/mol. The van der Waals surface area contributed by atoms with E-state index in [-0.39, 0.29) is 11.7 Å². The molecule has 1 aromatic carbocycles. The topological polar surface area (TPSA) is 55.3 Å². The summed E-state index contributed by atoms with van der Waals surface area (Å²) in [4.78, 5) is 21.6. The van der Waals surface area contributed by atoms with Gasteiger partial charge in [0.2, 0.25) is 0 Å². The number of carbonyl (C=O) groups is 1. The third-order valence-electron chi connectivity index (χ3n) is 4.19. The van der Waals surface area contributed by atoms with Gasteiger partial charge in [-0.2, -0.15) is 13.2 Å². The Morgan fingerprint density at radius 2 is 1.92 bits per heavy atom. The number of ether oxygens (including phenoxy) is 1. The van der Waals surface area contributed by atoms with Crippen molar-refractivity contribution in [2.24, 2.45) is 0 Å². The number of rotatable bonds is 3. The van der Waals surface area contributed by atoms with Crippen molar-refractivity contribution >= 4 is 17.7 Å². The number of cyclic esters (lactones) is 1. The van der Waals surface area contributed by atoms with Gasteiger partial charge in [0.1, 0.15) is 6.10 Å². The fourth-order valence-electron chi connectivity index (χ4n) is 2.92. The number of aromatic nitrogens is 2. The molecular formula is C17H15ClF3N3O2. The molecule has 0 bridgehead atoms. The first-order valence-electron chi connectivity index (χ1n) is 7.78. The molecule has 1 aliphatic rings. The molecule has 0 N–H and O–H groups in total. The molecule has 1 fully saturated rings. The van der Waals surface area contributed by atoms with Crippen molar-refractivity contribution < 1.29 is 22.7 Å². The highest BCUT2D eigenvalue weighted by Gasteiger charge is 2.41. The maximum Gasteiger partial charge on any atom is 0.416 e. The highest BCUT2D eigenvalue weighted by molar-refractivity contribution is 6.29.